The SMILES string of the molecule is Cc1ncc(Nc2nc(N[C@H](c3cccs3)[C@H](C)N)c(F)cc2C(N)=O)cc1-n1nccn1. The van der Waals surface area contributed by atoms with Gasteiger partial charge in [-0.2, -0.15) is 10.2 Å². The Bertz CT molecular complexity index is 1260. The van der Waals surface area contributed by atoms with Crippen molar-refractivity contribution in [2.45, 2.75) is 25.9 Å². The van der Waals surface area contributed by atoms with Gasteiger partial charge in [-0.3, -0.25) is 9.78 Å². The molecular formula is C21H22FN9OS. The molecule has 0 aromatic carbocycles. The van der Waals surface area contributed by atoms with Crippen LogP contribution in [0.1, 0.15) is 33.9 Å². The first-order valence-corrected chi connectivity index (χ1v) is 10.9. The average molecular weight is 468 g/mol. The zero-order valence-corrected chi connectivity index (χ0v) is 18.7. The number of hydrogen-bond acceptors (Lipinski definition) is 9. The summed E-state index contributed by atoms with van der Waals surface area (Å²) < 4.78 is 14.9. The Hall–Kier alpha value is -3.90. The summed E-state index contributed by atoms with van der Waals surface area (Å²) in [5.74, 6) is -1.54. The molecule has 12 heteroatoms. The van der Waals surface area contributed by atoms with Crippen LogP contribution < -0.4 is 22.1 Å². The molecule has 170 valence electrons. The molecule has 2 atom stereocenters. The summed E-state index contributed by atoms with van der Waals surface area (Å²) in [6.07, 6.45) is 4.65. The number of carbonyl (C=O) groups excluding carboxylic acids is 1. The summed E-state index contributed by atoms with van der Waals surface area (Å²) in [5.41, 5.74) is 13.3. The Kier molecular flexibility index (Phi) is 6.29. The van der Waals surface area contributed by atoms with Gasteiger partial charge in [0, 0.05) is 10.9 Å². The summed E-state index contributed by atoms with van der Waals surface area (Å²) in [6, 6.07) is 5.87. The van der Waals surface area contributed by atoms with E-state index in [9.17, 15) is 9.18 Å². The number of aryl methyl sites for hydroxylation is 1. The zero-order valence-electron chi connectivity index (χ0n) is 17.9. The third kappa shape index (κ3) is 4.81. The largest absolute Gasteiger partial charge is 0.365 e. The van der Waals surface area contributed by atoms with Crippen molar-refractivity contribution in [3.8, 4) is 5.69 Å². The van der Waals surface area contributed by atoms with Crippen LogP contribution in [0.4, 0.5) is 21.7 Å². The van der Waals surface area contributed by atoms with Crippen molar-refractivity contribution < 1.29 is 9.18 Å². The van der Waals surface area contributed by atoms with Crippen molar-refractivity contribution in [3.63, 3.8) is 0 Å². The Labute approximate surface area is 192 Å². The maximum absolute atomic E-state index is 14.9. The number of pyridine rings is 2. The summed E-state index contributed by atoms with van der Waals surface area (Å²) >= 11 is 1.50. The zero-order chi connectivity index (χ0) is 23.5. The fraction of sp³-hybridized carbons (Fsp3) is 0.190. The molecule has 0 aliphatic carbocycles. The first-order chi connectivity index (χ1) is 15.8. The minimum absolute atomic E-state index is 0.0627. The topological polar surface area (TPSA) is 150 Å². The molecule has 10 nitrogen and oxygen atoms in total. The minimum Gasteiger partial charge on any atom is -0.365 e. The van der Waals surface area contributed by atoms with Gasteiger partial charge in [0.25, 0.3) is 5.91 Å². The molecule has 1 amide bonds. The standard InChI is InChI=1S/C21H22FN9OS/c1-11(23)18(17-4-3-7-33-17)29-21-15(22)9-14(19(24)32)20(30-21)28-13-8-16(12(2)25-10-13)31-26-5-6-27-31/h3-11,18H,23H2,1-2H3,(H2,24,32)(H2,28,29,30)/t11-,18-/m0/s1. The van der Waals surface area contributed by atoms with Gasteiger partial charge >= 0.3 is 0 Å². The first kappa shape index (κ1) is 22.3. The van der Waals surface area contributed by atoms with Crippen molar-refractivity contribution in [1.29, 1.82) is 0 Å². The summed E-state index contributed by atoms with van der Waals surface area (Å²) in [4.78, 5) is 23.0. The van der Waals surface area contributed by atoms with E-state index < -0.39 is 11.7 Å². The number of aromatic nitrogens is 5. The third-order valence-corrected chi connectivity index (χ3v) is 5.82. The van der Waals surface area contributed by atoms with Crippen LogP contribution in [0.2, 0.25) is 0 Å². The summed E-state index contributed by atoms with van der Waals surface area (Å²) in [5, 5.41) is 16.2. The molecule has 0 fully saturated rings. The second-order valence-corrected chi connectivity index (χ2v) is 8.33. The highest BCUT2D eigenvalue weighted by molar-refractivity contribution is 7.10. The van der Waals surface area contributed by atoms with Gasteiger partial charge in [0.2, 0.25) is 0 Å². The molecule has 0 spiro atoms. The molecule has 4 heterocycles. The Balaban J connectivity index is 1.71. The molecule has 33 heavy (non-hydrogen) atoms. The number of primary amides is 1. The highest BCUT2D eigenvalue weighted by Gasteiger charge is 2.22. The van der Waals surface area contributed by atoms with Gasteiger partial charge < -0.3 is 22.1 Å². The predicted octanol–water partition coefficient (Wildman–Crippen LogP) is 2.91. The van der Waals surface area contributed by atoms with E-state index in [-0.39, 0.29) is 29.3 Å². The van der Waals surface area contributed by atoms with Crippen LogP contribution in [0.15, 0.2) is 48.2 Å². The van der Waals surface area contributed by atoms with Crippen molar-refractivity contribution in [2.24, 2.45) is 11.5 Å². The predicted molar refractivity (Wildman–Crippen MR) is 124 cm³/mol. The maximum Gasteiger partial charge on any atom is 0.252 e. The average Bonchev–Trinajstić information content (AvgIpc) is 3.49. The van der Waals surface area contributed by atoms with E-state index in [2.05, 4.69) is 30.8 Å². The number of amides is 1. The van der Waals surface area contributed by atoms with Crippen LogP contribution in [0.5, 0.6) is 0 Å². The van der Waals surface area contributed by atoms with Gasteiger partial charge in [-0.25, -0.2) is 9.37 Å². The van der Waals surface area contributed by atoms with Gasteiger partial charge in [-0.15, -0.1) is 16.1 Å². The fourth-order valence-electron chi connectivity index (χ4n) is 3.22. The number of carbonyl (C=O) groups is 1. The number of anilines is 3. The van der Waals surface area contributed by atoms with E-state index in [1.54, 1.807) is 24.7 Å². The van der Waals surface area contributed by atoms with Crippen LogP contribution in [-0.2, 0) is 0 Å². The molecule has 0 saturated heterocycles. The Morgan fingerprint density at radius 2 is 2.00 bits per heavy atom. The van der Waals surface area contributed by atoms with Gasteiger partial charge in [-0.05, 0) is 37.4 Å². The fourth-order valence-corrected chi connectivity index (χ4v) is 4.11. The lowest BCUT2D eigenvalue weighted by atomic mass is 10.1. The molecule has 0 radical (unpaired) electrons. The van der Waals surface area contributed by atoms with Crippen LogP contribution >= 0.6 is 11.3 Å². The van der Waals surface area contributed by atoms with E-state index in [0.29, 0.717) is 17.1 Å². The van der Waals surface area contributed by atoms with E-state index in [1.807, 2.05) is 31.4 Å². The second kappa shape index (κ2) is 9.30. The van der Waals surface area contributed by atoms with Gasteiger partial charge in [-0.1, -0.05) is 6.07 Å². The van der Waals surface area contributed by atoms with Crippen LogP contribution in [0, 0.1) is 12.7 Å². The lowest BCUT2D eigenvalue weighted by Gasteiger charge is -2.23. The number of thiophene rings is 1. The number of nitrogens with one attached hydrogen (secondary N) is 2. The minimum atomic E-state index is -0.827. The van der Waals surface area contributed by atoms with E-state index in [1.165, 1.54) is 16.1 Å². The van der Waals surface area contributed by atoms with Gasteiger partial charge in [0.05, 0.1) is 41.6 Å². The molecule has 4 aromatic rings. The van der Waals surface area contributed by atoms with Crippen molar-refractivity contribution in [1.82, 2.24) is 25.0 Å². The molecule has 0 bridgehead atoms. The van der Waals surface area contributed by atoms with Crippen molar-refractivity contribution >= 4 is 34.6 Å². The van der Waals surface area contributed by atoms with Crippen LogP contribution in [0.25, 0.3) is 5.69 Å². The Morgan fingerprint density at radius 1 is 1.24 bits per heavy atom. The van der Waals surface area contributed by atoms with Crippen LogP contribution in [-0.4, -0.2) is 36.9 Å². The number of halogens is 1. The van der Waals surface area contributed by atoms with E-state index in [0.717, 1.165) is 10.9 Å². The smallest absolute Gasteiger partial charge is 0.252 e. The van der Waals surface area contributed by atoms with Gasteiger partial charge in [0.15, 0.2) is 11.6 Å². The summed E-state index contributed by atoms with van der Waals surface area (Å²) in [7, 11) is 0. The lowest BCUT2D eigenvalue weighted by Crippen LogP contribution is -2.30. The van der Waals surface area contributed by atoms with Crippen molar-refractivity contribution in [3.05, 3.63) is 70.2 Å². The monoisotopic (exact) mass is 467 g/mol. The first-order valence-electron chi connectivity index (χ1n) is 9.99. The van der Waals surface area contributed by atoms with E-state index >= 15 is 0 Å². The summed E-state index contributed by atoms with van der Waals surface area (Å²) in [6.45, 7) is 3.63. The highest BCUT2D eigenvalue weighted by Crippen LogP contribution is 2.29. The highest BCUT2D eigenvalue weighted by atomic mass is 32.1. The molecule has 0 aliphatic heterocycles. The molecule has 4 rings (SSSR count). The number of hydrogen-bond donors (Lipinski definition) is 4. The maximum atomic E-state index is 14.9. The van der Waals surface area contributed by atoms with Crippen LogP contribution in [0.3, 0.4) is 0 Å². The molecule has 0 aliphatic rings. The lowest BCUT2D eigenvalue weighted by molar-refractivity contribution is 0.100. The van der Waals surface area contributed by atoms with E-state index in [4.69, 9.17) is 11.5 Å². The van der Waals surface area contributed by atoms with Crippen molar-refractivity contribution in [2.75, 3.05) is 10.6 Å². The number of nitrogens with two attached hydrogens (primary N) is 2. The second-order valence-electron chi connectivity index (χ2n) is 7.35. The normalized spacial score (nSPS) is 12.8. The number of nitrogens with zero attached hydrogens (tertiary/aromatic N) is 5. The third-order valence-electron chi connectivity index (χ3n) is 4.87. The Morgan fingerprint density at radius 3 is 2.64 bits per heavy atom. The number of rotatable bonds is 8. The molecule has 0 saturated carbocycles. The molecule has 6 N–H and O–H groups in total. The molecule has 0 unspecified atom stereocenters. The molecule has 4 aromatic heterocycles. The van der Waals surface area contributed by atoms with Gasteiger partial charge in [0.1, 0.15) is 11.5 Å². The molecular weight excluding hydrogens is 445 g/mol. The quantitative estimate of drug-likeness (QED) is 0.309.